The van der Waals surface area contributed by atoms with E-state index in [4.69, 9.17) is 19.2 Å². The summed E-state index contributed by atoms with van der Waals surface area (Å²) in [6.07, 6.45) is 2.84. The molecule has 1 aliphatic heterocycles. The highest BCUT2D eigenvalue weighted by molar-refractivity contribution is 7.14. The van der Waals surface area contributed by atoms with Crippen LogP contribution in [0.1, 0.15) is 45.6 Å². The van der Waals surface area contributed by atoms with Crippen LogP contribution in [0.15, 0.2) is 34.6 Å². The van der Waals surface area contributed by atoms with Crippen molar-refractivity contribution in [2.24, 2.45) is 4.99 Å². The van der Waals surface area contributed by atoms with Gasteiger partial charge in [0.25, 0.3) is 0 Å². The van der Waals surface area contributed by atoms with Crippen molar-refractivity contribution in [1.82, 2.24) is 9.88 Å². The molecule has 11 heteroatoms. The lowest BCUT2D eigenvalue weighted by molar-refractivity contribution is -0.145. The molecule has 1 amide bonds. The Balaban J connectivity index is 1.69. The van der Waals surface area contributed by atoms with Crippen molar-refractivity contribution in [1.29, 1.82) is 0 Å². The number of thiazole rings is 1. The van der Waals surface area contributed by atoms with Gasteiger partial charge in [0.1, 0.15) is 0 Å². The molecular formula is C27H36N4O6S. The summed E-state index contributed by atoms with van der Waals surface area (Å²) in [5.41, 5.74) is 2.55. The number of carbonyl (C=O) groups excluding carboxylic acids is 3. The molecule has 0 bridgehead atoms. The van der Waals surface area contributed by atoms with Gasteiger partial charge in [0, 0.05) is 42.8 Å². The number of aliphatic imine (C=N–C) groups is 1. The van der Waals surface area contributed by atoms with Crippen LogP contribution in [0.3, 0.4) is 0 Å². The molecule has 0 spiro atoms. The van der Waals surface area contributed by atoms with E-state index in [1.165, 1.54) is 6.21 Å². The average molecular weight is 545 g/mol. The van der Waals surface area contributed by atoms with Gasteiger partial charge in [-0.1, -0.05) is 24.3 Å². The number of hydrogen-bond donors (Lipinski definition) is 0. The number of rotatable bonds is 12. The zero-order valence-corrected chi connectivity index (χ0v) is 23.1. The van der Waals surface area contributed by atoms with Gasteiger partial charge < -0.3 is 19.1 Å². The lowest BCUT2D eigenvalue weighted by atomic mass is 10.0. The van der Waals surface area contributed by atoms with Crippen LogP contribution in [0.2, 0.25) is 0 Å². The second-order valence-electron chi connectivity index (χ2n) is 8.66. The molecule has 10 nitrogen and oxygen atoms in total. The first-order valence-electron chi connectivity index (χ1n) is 13.0. The Bertz CT molecular complexity index is 1080. The summed E-state index contributed by atoms with van der Waals surface area (Å²) in [7, 11) is 0. The molecule has 0 saturated carbocycles. The fourth-order valence-corrected chi connectivity index (χ4v) is 5.15. The third-order valence-electron chi connectivity index (χ3n) is 6.05. The molecule has 1 fully saturated rings. The monoisotopic (exact) mass is 544 g/mol. The Morgan fingerprint density at radius 2 is 1.68 bits per heavy atom. The van der Waals surface area contributed by atoms with Crippen LogP contribution < -0.4 is 4.90 Å². The summed E-state index contributed by atoms with van der Waals surface area (Å²) in [6.45, 7) is 8.71. The average Bonchev–Trinajstić information content (AvgIpc) is 3.39. The van der Waals surface area contributed by atoms with Gasteiger partial charge in [-0.25, -0.2) is 9.78 Å². The molecule has 1 aliphatic rings. The predicted molar refractivity (Wildman–Crippen MR) is 147 cm³/mol. The van der Waals surface area contributed by atoms with E-state index >= 15 is 0 Å². The molecule has 2 heterocycles. The summed E-state index contributed by atoms with van der Waals surface area (Å²) < 4.78 is 15.0. The number of esters is 2. The fourth-order valence-electron chi connectivity index (χ4n) is 4.21. The third-order valence-corrected chi connectivity index (χ3v) is 6.93. The molecule has 0 radical (unpaired) electrons. The molecule has 3 rings (SSSR count). The van der Waals surface area contributed by atoms with Gasteiger partial charge in [-0.15, -0.1) is 11.3 Å². The number of anilines is 1. The van der Waals surface area contributed by atoms with E-state index in [1.807, 2.05) is 36.6 Å². The van der Waals surface area contributed by atoms with E-state index < -0.39 is 6.09 Å². The minimum Gasteiger partial charge on any atom is -0.466 e. The minimum absolute atomic E-state index is 0.198. The number of amides is 1. The summed E-state index contributed by atoms with van der Waals surface area (Å²) in [4.78, 5) is 48.4. The number of likely N-dealkylation sites (tertiary alicyclic amines) is 1. The number of ether oxygens (including phenoxy) is 3. The van der Waals surface area contributed by atoms with Crippen LogP contribution in [0.25, 0.3) is 11.3 Å². The molecule has 2 aromatic rings. The predicted octanol–water partition coefficient (Wildman–Crippen LogP) is 4.17. The van der Waals surface area contributed by atoms with Crippen LogP contribution in [0.5, 0.6) is 0 Å². The molecular weight excluding hydrogens is 508 g/mol. The maximum atomic E-state index is 12.1. The molecule has 0 aliphatic carbocycles. The van der Waals surface area contributed by atoms with E-state index in [1.54, 1.807) is 25.2 Å². The second kappa shape index (κ2) is 15.2. The SMILES string of the molecule is CCOC(=O)CCN(c1nc(-c2ccc(C=NC(=O)OCC)cc2)cs1)C1CCN(CC(=O)OCC)CC1. The van der Waals surface area contributed by atoms with Gasteiger partial charge in [0.05, 0.1) is 38.5 Å². The highest BCUT2D eigenvalue weighted by atomic mass is 32.1. The Morgan fingerprint density at radius 3 is 2.34 bits per heavy atom. The van der Waals surface area contributed by atoms with Gasteiger partial charge in [0.2, 0.25) is 0 Å². The van der Waals surface area contributed by atoms with Crippen molar-refractivity contribution in [3.8, 4) is 11.3 Å². The van der Waals surface area contributed by atoms with Gasteiger partial charge in [-0.2, -0.15) is 4.99 Å². The van der Waals surface area contributed by atoms with Gasteiger partial charge in [0.15, 0.2) is 5.13 Å². The highest BCUT2D eigenvalue weighted by Gasteiger charge is 2.28. The second-order valence-corrected chi connectivity index (χ2v) is 9.49. The number of piperidine rings is 1. The lowest BCUT2D eigenvalue weighted by Gasteiger charge is -2.38. The summed E-state index contributed by atoms with van der Waals surface area (Å²) in [6, 6.07) is 7.80. The van der Waals surface area contributed by atoms with Gasteiger partial charge >= 0.3 is 18.0 Å². The maximum Gasteiger partial charge on any atom is 0.433 e. The van der Waals surface area contributed by atoms with Crippen molar-refractivity contribution < 1.29 is 28.6 Å². The van der Waals surface area contributed by atoms with Crippen molar-refractivity contribution in [3.05, 3.63) is 35.2 Å². The minimum atomic E-state index is -0.615. The van der Waals surface area contributed by atoms with E-state index in [0.717, 1.165) is 47.9 Å². The first-order chi connectivity index (χ1) is 18.4. The standard InChI is InChI=1S/C27H36N4O6S/c1-4-35-24(32)13-16-31(22-11-14-30(15-12-22)18-25(33)36-5-2)26-29-23(19-38-26)21-9-7-20(8-10-21)17-28-27(34)37-6-3/h7-10,17,19,22H,4-6,11-16,18H2,1-3H3. The third kappa shape index (κ3) is 8.91. The zero-order chi connectivity index (χ0) is 27.3. The summed E-state index contributed by atoms with van der Waals surface area (Å²) >= 11 is 1.54. The van der Waals surface area contributed by atoms with Crippen LogP contribution >= 0.6 is 11.3 Å². The van der Waals surface area contributed by atoms with Crippen molar-refractivity contribution in [2.45, 2.75) is 46.1 Å². The zero-order valence-electron chi connectivity index (χ0n) is 22.3. The Morgan fingerprint density at radius 1 is 1.03 bits per heavy atom. The lowest BCUT2D eigenvalue weighted by Crippen LogP contribution is -2.47. The Kier molecular flexibility index (Phi) is 11.7. The van der Waals surface area contributed by atoms with E-state index in [-0.39, 0.29) is 31.0 Å². The quantitative estimate of drug-likeness (QED) is 0.221. The molecule has 1 aromatic carbocycles. The Hall–Kier alpha value is -3.31. The first-order valence-corrected chi connectivity index (χ1v) is 13.9. The van der Waals surface area contributed by atoms with E-state index in [9.17, 15) is 14.4 Å². The number of aromatic nitrogens is 1. The first kappa shape index (κ1) is 29.2. The van der Waals surface area contributed by atoms with E-state index in [0.29, 0.717) is 26.3 Å². The smallest absolute Gasteiger partial charge is 0.433 e. The number of nitrogens with zero attached hydrogens (tertiary/aromatic N) is 4. The van der Waals surface area contributed by atoms with Crippen molar-refractivity contribution >= 4 is 40.7 Å². The van der Waals surface area contributed by atoms with Crippen LogP contribution in [0.4, 0.5) is 9.93 Å². The van der Waals surface area contributed by atoms with Crippen LogP contribution in [-0.4, -0.2) is 86.2 Å². The van der Waals surface area contributed by atoms with Crippen LogP contribution in [0, 0.1) is 0 Å². The number of hydrogen-bond acceptors (Lipinski definition) is 10. The number of carbonyl (C=O) groups is 3. The highest BCUT2D eigenvalue weighted by Crippen LogP contribution is 2.31. The largest absolute Gasteiger partial charge is 0.466 e. The normalized spacial score (nSPS) is 14.4. The van der Waals surface area contributed by atoms with Crippen molar-refractivity contribution in [2.75, 3.05) is 50.9 Å². The molecule has 0 unspecified atom stereocenters. The summed E-state index contributed by atoms with van der Waals surface area (Å²) in [5, 5.41) is 2.85. The number of benzene rings is 1. The molecule has 1 saturated heterocycles. The van der Waals surface area contributed by atoms with E-state index in [2.05, 4.69) is 14.8 Å². The van der Waals surface area contributed by atoms with Crippen molar-refractivity contribution in [3.63, 3.8) is 0 Å². The topological polar surface area (TPSA) is 111 Å². The fraction of sp³-hybridized carbons (Fsp3) is 0.519. The molecule has 206 valence electrons. The van der Waals surface area contributed by atoms with Gasteiger partial charge in [-0.05, 0) is 39.2 Å². The van der Waals surface area contributed by atoms with Crippen LogP contribution in [-0.2, 0) is 23.8 Å². The Labute approximate surface area is 227 Å². The maximum absolute atomic E-state index is 12.1. The molecule has 0 N–H and O–H groups in total. The summed E-state index contributed by atoms with van der Waals surface area (Å²) in [5.74, 6) is -0.429. The molecule has 0 atom stereocenters. The molecule has 1 aromatic heterocycles. The molecule has 38 heavy (non-hydrogen) atoms. The van der Waals surface area contributed by atoms with Gasteiger partial charge in [-0.3, -0.25) is 14.5 Å².